The first-order valence-corrected chi connectivity index (χ1v) is 10.0. The first-order valence-electron chi connectivity index (χ1n) is 10.0. The van der Waals surface area contributed by atoms with Crippen molar-refractivity contribution in [3.8, 4) is 6.07 Å². The summed E-state index contributed by atoms with van der Waals surface area (Å²) in [5, 5.41) is 8.92. The second kappa shape index (κ2) is 6.98. The van der Waals surface area contributed by atoms with Crippen LogP contribution in [0.4, 0.5) is 5.69 Å². The third-order valence-corrected chi connectivity index (χ3v) is 6.01. The van der Waals surface area contributed by atoms with Gasteiger partial charge < -0.3 is 9.88 Å². The van der Waals surface area contributed by atoms with E-state index >= 15 is 0 Å². The number of aryl methyl sites for hydroxylation is 1. The molecule has 0 amide bonds. The van der Waals surface area contributed by atoms with Crippen molar-refractivity contribution in [2.75, 3.05) is 18.0 Å². The van der Waals surface area contributed by atoms with Gasteiger partial charge in [0, 0.05) is 43.5 Å². The Kier molecular flexibility index (Phi) is 4.29. The van der Waals surface area contributed by atoms with Gasteiger partial charge in [-0.15, -0.1) is 0 Å². The monoisotopic (exact) mass is 386 g/mol. The SMILES string of the molecule is CCc1cc2ncc(CN3CCN(c4ccc(C#N)nc4)[C@@H]4C[C@@H]43)cc2[nH]c1=O. The molecule has 1 saturated carbocycles. The van der Waals surface area contributed by atoms with Gasteiger partial charge in [-0.2, -0.15) is 5.26 Å². The van der Waals surface area contributed by atoms with Crippen LogP contribution in [0.2, 0.25) is 0 Å². The fraction of sp³-hybridized carbons (Fsp3) is 0.364. The summed E-state index contributed by atoms with van der Waals surface area (Å²) >= 11 is 0. The predicted molar refractivity (Wildman–Crippen MR) is 111 cm³/mol. The van der Waals surface area contributed by atoms with Gasteiger partial charge in [-0.1, -0.05) is 6.92 Å². The first kappa shape index (κ1) is 17.8. The molecular weight excluding hydrogens is 364 g/mol. The summed E-state index contributed by atoms with van der Waals surface area (Å²) in [7, 11) is 0. The lowest BCUT2D eigenvalue weighted by Crippen LogP contribution is -2.46. The molecule has 0 radical (unpaired) electrons. The van der Waals surface area contributed by atoms with Gasteiger partial charge in [-0.05, 0) is 42.7 Å². The van der Waals surface area contributed by atoms with Crippen LogP contribution in [0.15, 0.2) is 41.5 Å². The Hall–Kier alpha value is -3.24. The number of piperazine rings is 1. The quantitative estimate of drug-likeness (QED) is 0.740. The third-order valence-electron chi connectivity index (χ3n) is 6.01. The van der Waals surface area contributed by atoms with Crippen molar-refractivity contribution in [1.82, 2.24) is 19.9 Å². The molecule has 1 aliphatic heterocycles. The van der Waals surface area contributed by atoms with Crippen LogP contribution < -0.4 is 10.5 Å². The number of rotatable bonds is 4. The van der Waals surface area contributed by atoms with E-state index < -0.39 is 0 Å². The molecule has 29 heavy (non-hydrogen) atoms. The highest BCUT2D eigenvalue weighted by Crippen LogP contribution is 2.39. The molecule has 3 aromatic rings. The number of hydrogen-bond acceptors (Lipinski definition) is 6. The summed E-state index contributed by atoms with van der Waals surface area (Å²) in [5.41, 5.74) is 5.06. The molecule has 4 heterocycles. The average molecular weight is 386 g/mol. The Balaban J connectivity index is 1.30. The molecule has 146 valence electrons. The van der Waals surface area contributed by atoms with Crippen molar-refractivity contribution >= 4 is 16.7 Å². The molecular formula is C22H22N6O. The number of nitrogens with one attached hydrogen (secondary N) is 1. The zero-order valence-corrected chi connectivity index (χ0v) is 16.3. The normalized spacial score (nSPS) is 21.0. The molecule has 3 aromatic heterocycles. The van der Waals surface area contributed by atoms with Gasteiger partial charge in [-0.3, -0.25) is 14.7 Å². The topological polar surface area (TPSA) is 88.9 Å². The van der Waals surface area contributed by atoms with Crippen molar-refractivity contribution in [1.29, 1.82) is 5.26 Å². The minimum absolute atomic E-state index is 0.0224. The second-order valence-corrected chi connectivity index (χ2v) is 7.80. The van der Waals surface area contributed by atoms with Gasteiger partial charge in [0.1, 0.15) is 11.8 Å². The van der Waals surface area contributed by atoms with Crippen LogP contribution in [0.5, 0.6) is 0 Å². The predicted octanol–water partition coefficient (Wildman–Crippen LogP) is 2.22. The van der Waals surface area contributed by atoms with E-state index in [1.165, 1.54) is 0 Å². The summed E-state index contributed by atoms with van der Waals surface area (Å²) in [5.74, 6) is 0. The van der Waals surface area contributed by atoms with Crippen molar-refractivity contribution in [2.45, 2.75) is 38.4 Å². The van der Waals surface area contributed by atoms with E-state index in [1.807, 2.05) is 25.3 Å². The summed E-state index contributed by atoms with van der Waals surface area (Å²) < 4.78 is 0. The maximum Gasteiger partial charge on any atom is 0.251 e. The lowest BCUT2D eigenvalue weighted by Gasteiger charge is -2.35. The van der Waals surface area contributed by atoms with Gasteiger partial charge in [0.25, 0.3) is 5.56 Å². The molecule has 7 heteroatoms. The number of H-pyrrole nitrogens is 1. The molecule has 1 aliphatic carbocycles. The third kappa shape index (κ3) is 3.26. The van der Waals surface area contributed by atoms with Crippen LogP contribution in [0, 0.1) is 11.3 Å². The van der Waals surface area contributed by atoms with E-state index in [1.54, 1.807) is 12.3 Å². The Morgan fingerprint density at radius 2 is 2.10 bits per heavy atom. The van der Waals surface area contributed by atoms with Crippen molar-refractivity contribution in [2.24, 2.45) is 0 Å². The number of aromatic nitrogens is 3. The standard InChI is InChI=1S/C22H22N6O/c1-2-15-8-18-19(26-22(15)29)7-14(11-25-18)13-27-5-6-28(21-9-20(21)27)17-4-3-16(10-23)24-12-17/h3-4,7-8,11-12,20-21H,2,5-6,9,13H2,1H3,(H,26,29)/t20-,21+/m0/s1. The van der Waals surface area contributed by atoms with Crippen molar-refractivity contribution in [3.63, 3.8) is 0 Å². The lowest BCUT2D eigenvalue weighted by molar-refractivity contribution is 0.234. The van der Waals surface area contributed by atoms with Gasteiger partial charge in [0.2, 0.25) is 0 Å². The minimum atomic E-state index is -0.0224. The molecule has 5 rings (SSSR count). The molecule has 1 saturated heterocycles. The van der Waals surface area contributed by atoms with E-state index in [0.29, 0.717) is 24.2 Å². The molecule has 0 unspecified atom stereocenters. The van der Waals surface area contributed by atoms with E-state index in [4.69, 9.17) is 5.26 Å². The van der Waals surface area contributed by atoms with Gasteiger partial charge in [0.15, 0.2) is 0 Å². The highest BCUT2D eigenvalue weighted by molar-refractivity contribution is 5.74. The fourth-order valence-electron chi connectivity index (χ4n) is 4.35. The van der Waals surface area contributed by atoms with Crippen LogP contribution in [-0.4, -0.2) is 45.0 Å². The number of anilines is 1. The van der Waals surface area contributed by atoms with E-state index in [0.717, 1.165) is 53.9 Å². The van der Waals surface area contributed by atoms with Gasteiger partial charge in [-0.25, -0.2) is 4.98 Å². The zero-order chi connectivity index (χ0) is 20.0. The highest BCUT2D eigenvalue weighted by atomic mass is 16.1. The van der Waals surface area contributed by atoms with Crippen LogP contribution in [-0.2, 0) is 13.0 Å². The molecule has 7 nitrogen and oxygen atoms in total. The van der Waals surface area contributed by atoms with Gasteiger partial charge in [0.05, 0.1) is 22.9 Å². The van der Waals surface area contributed by atoms with E-state index in [-0.39, 0.29) is 5.56 Å². The van der Waals surface area contributed by atoms with Crippen LogP contribution in [0.25, 0.3) is 11.0 Å². The van der Waals surface area contributed by atoms with Crippen LogP contribution >= 0.6 is 0 Å². The maximum atomic E-state index is 12.1. The van der Waals surface area contributed by atoms with Crippen LogP contribution in [0.1, 0.15) is 30.2 Å². The Morgan fingerprint density at radius 3 is 2.86 bits per heavy atom. The highest BCUT2D eigenvalue weighted by Gasteiger charge is 2.48. The molecule has 0 aromatic carbocycles. The molecule has 2 aliphatic rings. The largest absolute Gasteiger partial charge is 0.364 e. The summed E-state index contributed by atoms with van der Waals surface area (Å²) in [6.45, 7) is 4.71. The van der Waals surface area contributed by atoms with Crippen molar-refractivity contribution in [3.05, 3.63) is 63.8 Å². The summed E-state index contributed by atoms with van der Waals surface area (Å²) in [6.07, 6.45) is 5.57. The molecule has 1 N–H and O–H groups in total. The number of pyridine rings is 3. The smallest absolute Gasteiger partial charge is 0.251 e. The molecule has 0 spiro atoms. The minimum Gasteiger partial charge on any atom is -0.364 e. The Bertz CT molecular complexity index is 1160. The van der Waals surface area contributed by atoms with Crippen LogP contribution in [0.3, 0.4) is 0 Å². The lowest BCUT2D eigenvalue weighted by atomic mass is 10.1. The number of nitrogens with zero attached hydrogens (tertiary/aromatic N) is 5. The summed E-state index contributed by atoms with van der Waals surface area (Å²) in [4.78, 5) is 28.8. The molecule has 2 fully saturated rings. The van der Waals surface area contributed by atoms with Crippen molar-refractivity contribution < 1.29 is 0 Å². The maximum absolute atomic E-state index is 12.1. The number of aromatic amines is 1. The second-order valence-electron chi connectivity index (χ2n) is 7.80. The Labute approximate surface area is 168 Å². The summed E-state index contributed by atoms with van der Waals surface area (Å²) in [6, 6.07) is 10.8. The molecule has 2 atom stereocenters. The fourth-order valence-corrected chi connectivity index (χ4v) is 4.35. The molecule has 0 bridgehead atoms. The number of hydrogen-bond donors (Lipinski definition) is 1. The average Bonchev–Trinajstić information content (AvgIpc) is 3.55. The number of fused-ring (bicyclic) bond motifs is 2. The zero-order valence-electron chi connectivity index (χ0n) is 16.3. The first-order chi connectivity index (χ1) is 14.2. The Morgan fingerprint density at radius 1 is 1.21 bits per heavy atom. The van der Waals surface area contributed by atoms with E-state index in [2.05, 4.69) is 36.9 Å². The van der Waals surface area contributed by atoms with Gasteiger partial charge >= 0.3 is 0 Å². The number of nitriles is 1. The van der Waals surface area contributed by atoms with E-state index in [9.17, 15) is 4.79 Å².